The Kier molecular flexibility index (Phi) is 3.45. The normalized spacial score (nSPS) is 15.7. The van der Waals surface area contributed by atoms with Crippen molar-refractivity contribution >= 4 is 0 Å². The average molecular weight is 183 g/mol. The van der Waals surface area contributed by atoms with E-state index in [0.717, 1.165) is 18.7 Å². The summed E-state index contributed by atoms with van der Waals surface area (Å²) in [5.74, 6) is 0. The SMILES string of the molecule is CCC(N)C(O)c1ccnn1CC. The molecule has 4 nitrogen and oxygen atoms in total. The molecule has 0 saturated carbocycles. The van der Waals surface area contributed by atoms with E-state index in [4.69, 9.17) is 5.73 Å². The van der Waals surface area contributed by atoms with Crippen LogP contribution in [-0.2, 0) is 6.54 Å². The predicted octanol–water partition coefficient (Wildman–Crippen LogP) is 0.674. The number of nitrogens with zero attached hydrogens (tertiary/aromatic N) is 2. The highest BCUT2D eigenvalue weighted by atomic mass is 16.3. The van der Waals surface area contributed by atoms with Crippen LogP contribution in [0.2, 0.25) is 0 Å². The van der Waals surface area contributed by atoms with Gasteiger partial charge in [0.2, 0.25) is 0 Å². The number of aromatic nitrogens is 2. The minimum atomic E-state index is -0.604. The Morgan fingerprint density at radius 2 is 2.31 bits per heavy atom. The van der Waals surface area contributed by atoms with Crippen molar-refractivity contribution in [2.75, 3.05) is 0 Å². The van der Waals surface area contributed by atoms with E-state index in [-0.39, 0.29) is 6.04 Å². The Labute approximate surface area is 78.4 Å². The molecule has 0 aliphatic carbocycles. The van der Waals surface area contributed by atoms with Crippen LogP contribution >= 0.6 is 0 Å². The second kappa shape index (κ2) is 4.39. The number of aliphatic hydroxyl groups excluding tert-OH is 1. The van der Waals surface area contributed by atoms with Crippen molar-refractivity contribution in [1.29, 1.82) is 0 Å². The van der Waals surface area contributed by atoms with Gasteiger partial charge in [0.1, 0.15) is 6.10 Å². The average Bonchev–Trinajstić information content (AvgIpc) is 2.62. The van der Waals surface area contributed by atoms with Gasteiger partial charge in [0.05, 0.1) is 5.69 Å². The van der Waals surface area contributed by atoms with Crippen molar-refractivity contribution in [3.8, 4) is 0 Å². The molecule has 0 bridgehead atoms. The summed E-state index contributed by atoms with van der Waals surface area (Å²) in [7, 11) is 0. The first-order chi connectivity index (χ1) is 6.20. The largest absolute Gasteiger partial charge is 0.385 e. The standard InChI is InChI=1S/C9H17N3O/c1-3-7(10)9(13)8-5-6-11-12(8)4-2/h5-7,9,13H,3-4,10H2,1-2H3. The third kappa shape index (κ3) is 2.08. The van der Waals surface area contributed by atoms with Gasteiger partial charge in [-0.1, -0.05) is 6.92 Å². The summed E-state index contributed by atoms with van der Waals surface area (Å²) in [5, 5.41) is 13.9. The van der Waals surface area contributed by atoms with E-state index in [0.29, 0.717) is 0 Å². The van der Waals surface area contributed by atoms with Gasteiger partial charge in [-0.05, 0) is 19.4 Å². The molecule has 3 N–H and O–H groups in total. The van der Waals surface area contributed by atoms with Gasteiger partial charge in [0.25, 0.3) is 0 Å². The maximum absolute atomic E-state index is 9.80. The fourth-order valence-electron chi connectivity index (χ4n) is 1.30. The summed E-state index contributed by atoms with van der Waals surface area (Å²) in [6.07, 6.45) is 1.84. The van der Waals surface area contributed by atoms with Crippen molar-refractivity contribution in [2.45, 2.75) is 39.0 Å². The topological polar surface area (TPSA) is 64.1 Å². The number of aryl methyl sites for hydroxylation is 1. The number of hydrogen-bond donors (Lipinski definition) is 2. The van der Waals surface area contributed by atoms with Crippen LogP contribution in [0, 0.1) is 0 Å². The molecule has 74 valence electrons. The lowest BCUT2D eigenvalue weighted by Crippen LogP contribution is -2.29. The van der Waals surface area contributed by atoms with Crippen LogP contribution in [0.15, 0.2) is 12.3 Å². The van der Waals surface area contributed by atoms with Crippen LogP contribution in [0.1, 0.15) is 32.1 Å². The molecule has 0 aliphatic rings. The second-order valence-corrected chi connectivity index (χ2v) is 3.09. The highest BCUT2D eigenvalue weighted by Gasteiger charge is 2.18. The van der Waals surface area contributed by atoms with Gasteiger partial charge >= 0.3 is 0 Å². The smallest absolute Gasteiger partial charge is 0.111 e. The van der Waals surface area contributed by atoms with E-state index in [2.05, 4.69) is 5.10 Å². The summed E-state index contributed by atoms with van der Waals surface area (Å²) >= 11 is 0. The zero-order chi connectivity index (χ0) is 9.84. The lowest BCUT2D eigenvalue weighted by Gasteiger charge is -2.17. The first-order valence-electron chi connectivity index (χ1n) is 4.66. The first-order valence-corrected chi connectivity index (χ1v) is 4.66. The summed E-state index contributed by atoms with van der Waals surface area (Å²) < 4.78 is 1.76. The van der Waals surface area contributed by atoms with E-state index in [1.165, 1.54) is 0 Å². The van der Waals surface area contributed by atoms with Gasteiger partial charge < -0.3 is 10.8 Å². The molecule has 0 amide bonds. The maximum Gasteiger partial charge on any atom is 0.111 e. The molecule has 0 aromatic carbocycles. The minimum absolute atomic E-state index is 0.206. The Morgan fingerprint density at radius 1 is 1.62 bits per heavy atom. The summed E-state index contributed by atoms with van der Waals surface area (Å²) in [5.41, 5.74) is 6.54. The molecule has 0 radical (unpaired) electrons. The summed E-state index contributed by atoms with van der Waals surface area (Å²) in [4.78, 5) is 0. The Balaban J connectivity index is 2.81. The molecule has 2 atom stereocenters. The zero-order valence-electron chi connectivity index (χ0n) is 8.14. The molecule has 2 unspecified atom stereocenters. The molecule has 0 fully saturated rings. The maximum atomic E-state index is 9.80. The second-order valence-electron chi connectivity index (χ2n) is 3.09. The van der Waals surface area contributed by atoms with E-state index in [1.54, 1.807) is 10.9 Å². The van der Waals surface area contributed by atoms with Gasteiger partial charge in [0, 0.05) is 18.8 Å². The molecule has 1 aromatic rings. The summed E-state index contributed by atoms with van der Waals surface area (Å²) in [6, 6.07) is 1.60. The number of nitrogens with two attached hydrogens (primary N) is 1. The van der Waals surface area contributed by atoms with Crippen LogP contribution in [0.25, 0.3) is 0 Å². The van der Waals surface area contributed by atoms with Crippen molar-refractivity contribution in [3.63, 3.8) is 0 Å². The molecular weight excluding hydrogens is 166 g/mol. The van der Waals surface area contributed by atoms with Crippen molar-refractivity contribution in [2.24, 2.45) is 5.73 Å². The number of hydrogen-bond acceptors (Lipinski definition) is 3. The molecule has 0 aliphatic heterocycles. The van der Waals surface area contributed by atoms with E-state index >= 15 is 0 Å². The van der Waals surface area contributed by atoms with Crippen LogP contribution in [0.5, 0.6) is 0 Å². The molecule has 13 heavy (non-hydrogen) atoms. The van der Waals surface area contributed by atoms with E-state index in [9.17, 15) is 5.11 Å². The minimum Gasteiger partial charge on any atom is -0.385 e. The number of aliphatic hydroxyl groups is 1. The third-order valence-electron chi connectivity index (χ3n) is 2.23. The van der Waals surface area contributed by atoms with E-state index in [1.807, 2.05) is 19.9 Å². The molecule has 1 aromatic heterocycles. The highest BCUT2D eigenvalue weighted by Crippen LogP contribution is 2.16. The molecule has 0 spiro atoms. The highest BCUT2D eigenvalue weighted by molar-refractivity contribution is 5.06. The van der Waals surface area contributed by atoms with E-state index < -0.39 is 6.10 Å². The zero-order valence-corrected chi connectivity index (χ0v) is 8.14. The molecule has 4 heteroatoms. The molecule has 0 saturated heterocycles. The van der Waals surface area contributed by atoms with Gasteiger partial charge in [-0.25, -0.2) is 0 Å². The van der Waals surface area contributed by atoms with Crippen LogP contribution in [-0.4, -0.2) is 20.9 Å². The van der Waals surface area contributed by atoms with Gasteiger partial charge in [-0.2, -0.15) is 5.10 Å². The first kappa shape index (κ1) is 10.2. The lowest BCUT2D eigenvalue weighted by atomic mass is 10.1. The third-order valence-corrected chi connectivity index (χ3v) is 2.23. The Morgan fingerprint density at radius 3 is 2.85 bits per heavy atom. The van der Waals surface area contributed by atoms with Crippen molar-refractivity contribution in [3.05, 3.63) is 18.0 Å². The molecule has 1 rings (SSSR count). The Hall–Kier alpha value is -0.870. The van der Waals surface area contributed by atoms with Crippen LogP contribution < -0.4 is 5.73 Å². The van der Waals surface area contributed by atoms with Gasteiger partial charge in [-0.3, -0.25) is 4.68 Å². The lowest BCUT2D eigenvalue weighted by molar-refractivity contribution is 0.134. The quantitative estimate of drug-likeness (QED) is 0.721. The Bertz CT molecular complexity index is 259. The molecule has 1 heterocycles. The fourth-order valence-corrected chi connectivity index (χ4v) is 1.30. The fraction of sp³-hybridized carbons (Fsp3) is 0.667. The summed E-state index contributed by atoms with van der Waals surface area (Å²) in [6.45, 7) is 4.71. The van der Waals surface area contributed by atoms with Crippen LogP contribution in [0.3, 0.4) is 0 Å². The van der Waals surface area contributed by atoms with Crippen molar-refractivity contribution < 1.29 is 5.11 Å². The van der Waals surface area contributed by atoms with Crippen molar-refractivity contribution in [1.82, 2.24) is 9.78 Å². The molecular formula is C9H17N3O. The van der Waals surface area contributed by atoms with Crippen LogP contribution in [0.4, 0.5) is 0 Å². The monoisotopic (exact) mass is 183 g/mol. The number of rotatable bonds is 4. The van der Waals surface area contributed by atoms with Gasteiger partial charge in [-0.15, -0.1) is 0 Å². The predicted molar refractivity (Wildman–Crippen MR) is 51.1 cm³/mol. The van der Waals surface area contributed by atoms with Gasteiger partial charge in [0.15, 0.2) is 0 Å².